The van der Waals surface area contributed by atoms with Gasteiger partial charge < -0.3 is 0 Å². The molecule has 3 heteroatoms. The number of hydrogen-bond acceptors (Lipinski definition) is 1. The number of hydrogen-bond donors (Lipinski definition) is 1. The first-order chi connectivity index (χ1) is 6.45. The van der Waals surface area contributed by atoms with Gasteiger partial charge in [0.1, 0.15) is 0 Å². The summed E-state index contributed by atoms with van der Waals surface area (Å²) in [6, 6.07) is 0.462. The average molecular weight is 217 g/mol. The molecule has 0 aromatic heterocycles. The zero-order valence-electron chi connectivity index (χ0n) is 9.80. The fourth-order valence-corrected chi connectivity index (χ4v) is 2.66. The quantitative estimate of drug-likeness (QED) is 0.770. The fourth-order valence-electron chi connectivity index (χ4n) is 1.67. The molecule has 0 bridgehead atoms. The molecular formula is C11H23NOS. The molecule has 1 saturated carbocycles. The highest BCUT2D eigenvalue weighted by atomic mass is 32.2. The Morgan fingerprint density at radius 2 is 2.00 bits per heavy atom. The second-order valence-electron chi connectivity index (χ2n) is 5.20. The molecule has 0 spiro atoms. The maximum Gasteiger partial charge on any atom is 0.0972 e. The number of rotatable bonds is 4. The highest BCUT2D eigenvalue weighted by molar-refractivity contribution is 7.84. The van der Waals surface area contributed by atoms with E-state index in [2.05, 4.69) is 11.6 Å². The van der Waals surface area contributed by atoms with E-state index in [0.29, 0.717) is 6.04 Å². The first-order valence-electron chi connectivity index (χ1n) is 5.63. The minimum Gasteiger partial charge on any atom is -0.242 e. The molecule has 0 aromatic rings. The van der Waals surface area contributed by atoms with Crippen LogP contribution in [-0.2, 0) is 11.0 Å². The minimum absolute atomic E-state index is 0.142. The van der Waals surface area contributed by atoms with Crippen LogP contribution in [0, 0.1) is 5.92 Å². The largest absolute Gasteiger partial charge is 0.242 e. The van der Waals surface area contributed by atoms with Crippen LogP contribution in [0.3, 0.4) is 0 Å². The van der Waals surface area contributed by atoms with E-state index in [0.717, 1.165) is 12.3 Å². The maximum absolute atomic E-state index is 11.9. The Hall–Kier alpha value is 0.110. The summed E-state index contributed by atoms with van der Waals surface area (Å²) in [5.74, 6) is 0.770. The summed E-state index contributed by atoms with van der Waals surface area (Å²) in [5.41, 5.74) is 0. The van der Waals surface area contributed by atoms with Crippen molar-refractivity contribution in [1.29, 1.82) is 0 Å². The smallest absolute Gasteiger partial charge is 0.0972 e. The predicted octanol–water partition coefficient (Wildman–Crippen LogP) is 2.62. The van der Waals surface area contributed by atoms with Gasteiger partial charge in [-0.2, -0.15) is 0 Å². The Morgan fingerprint density at radius 3 is 2.29 bits per heavy atom. The van der Waals surface area contributed by atoms with Gasteiger partial charge in [0.15, 0.2) is 0 Å². The number of nitrogens with one attached hydrogen (secondary N) is 1. The Morgan fingerprint density at radius 1 is 1.43 bits per heavy atom. The lowest BCUT2D eigenvalue weighted by atomic mass is 9.79. The van der Waals surface area contributed by atoms with Crippen molar-refractivity contribution in [1.82, 2.24) is 4.72 Å². The lowest BCUT2D eigenvalue weighted by molar-refractivity contribution is 0.245. The third kappa shape index (κ3) is 3.06. The van der Waals surface area contributed by atoms with Gasteiger partial charge in [-0.15, -0.1) is 0 Å². The topological polar surface area (TPSA) is 29.1 Å². The second kappa shape index (κ2) is 4.75. The molecule has 0 heterocycles. The van der Waals surface area contributed by atoms with E-state index in [1.165, 1.54) is 19.3 Å². The van der Waals surface area contributed by atoms with Crippen LogP contribution in [-0.4, -0.2) is 15.0 Å². The van der Waals surface area contributed by atoms with Crippen LogP contribution < -0.4 is 4.72 Å². The summed E-state index contributed by atoms with van der Waals surface area (Å²) < 4.78 is 15.0. The van der Waals surface area contributed by atoms with Gasteiger partial charge >= 0.3 is 0 Å². The van der Waals surface area contributed by atoms with Gasteiger partial charge in [-0.1, -0.05) is 13.3 Å². The van der Waals surface area contributed by atoms with Crippen molar-refractivity contribution in [2.75, 3.05) is 0 Å². The fraction of sp³-hybridized carbons (Fsp3) is 1.00. The SMILES string of the molecule is CCC(NS(=O)C(C)(C)C)C1CCC1. The summed E-state index contributed by atoms with van der Waals surface area (Å²) in [6.07, 6.45) is 5.07. The van der Waals surface area contributed by atoms with Crippen LogP contribution in [0.25, 0.3) is 0 Å². The highest BCUT2D eigenvalue weighted by Crippen LogP contribution is 2.31. The van der Waals surface area contributed by atoms with Crippen molar-refractivity contribution >= 4 is 11.0 Å². The van der Waals surface area contributed by atoms with Gasteiger partial charge in [0.05, 0.1) is 15.7 Å². The molecule has 1 fully saturated rings. The van der Waals surface area contributed by atoms with Crippen LogP contribution in [0.4, 0.5) is 0 Å². The van der Waals surface area contributed by atoms with E-state index in [1.54, 1.807) is 0 Å². The molecule has 2 unspecified atom stereocenters. The lowest BCUT2D eigenvalue weighted by Crippen LogP contribution is -2.44. The van der Waals surface area contributed by atoms with E-state index in [9.17, 15) is 4.21 Å². The molecule has 0 saturated heterocycles. The molecule has 0 amide bonds. The summed E-state index contributed by atoms with van der Waals surface area (Å²) in [5, 5.41) is 0. The molecule has 1 aliphatic rings. The van der Waals surface area contributed by atoms with Crippen molar-refractivity contribution in [3.8, 4) is 0 Å². The van der Waals surface area contributed by atoms with E-state index < -0.39 is 11.0 Å². The summed E-state index contributed by atoms with van der Waals surface area (Å²) >= 11 is 0. The Labute approximate surface area is 90.4 Å². The summed E-state index contributed by atoms with van der Waals surface area (Å²) in [6.45, 7) is 8.23. The second-order valence-corrected chi connectivity index (χ2v) is 7.20. The molecule has 0 radical (unpaired) electrons. The zero-order chi connectivity index (χ0) is 10.8. The van der Waals surface area contributed by atoms with Gasteiger partial charge in [0, 0.05) is 6.04 Å². The van der Waals surface area contributed by atoms with Crippen molar-refractivity contribution in [2.24, 2.45) is 5.92 Å². The van der Waals surface area contributed by atoms with Crippen LogP contribution in [0.15, 0.2) is 0 Å². The van der Waals surface area contributed by atoms with Gasteiger partial charge in [0.25, 0.3) is 0 Å². The predicted molar refractivity (Wildman–Crippen MR) is 62.5 cm³/mol. The van der Waals surface area contributed by atoms with Crippen LogP contribution in [0.2, 0.25) is 0 Å². The maximum atomic E-state index is 11.9. The van der Waals surface area contributed by atoms with E-state index in [-0.39, 0.29) is 4.75 Å². The average Bonchev–Trinajstić information content (AvgIpc) is 1.97. The highest BCUT2D eigenvalue weighted by Gasteiger charge is 2.29. The third-order valence-electron chi connectivity index (χ3n) is 2.97. The molecule has 0 aliphatic heterocycles. The third-order valence-corrected chi connectivity index (χ3v) is 4.60. The van der Waals surface area contributed by atoms with Crippen LogP contribution in [0.5, 0.6) is 0 Å². The first kappa shape index (κ1) is 12.2. The van der Waals surface area contributed by atoms with Crippen molar-refractivity contribution in [3.63, 3.8) is 0 Å². The Bertz CT molecular complexity index is 206. The lowest BCUT2D eigenvalue weighted by Gasteiger charge is -2.35. The van der Waals surface area contributed by atoms with Crippen molar-refractivity contribution in [3.05, 3.63) is 0 Å². The molecule has 1 rings (SSSR count). The van der Waals surface area contributed by atoms with Gasteiger partial charge in [0.2, 0.25) is 0 Å². The molecule has 2 nitrogen and oxygen atoms in total. The molecule has 1 aliphatic carbocycles. The first-order valence-corrected chi connectivity index (χ1v) is 6.78. The Balaban J connectivity index is 2.43. The van der Waals surface area contributed by atoms with Gasteiger partial charge in [-0.25, -0.2) is 8.93 Å². The standard InChI is InChI=1S/C11H23NOS/c1-5-10(9-7-6-8-9)12-14(13)11(2,3)4/h9-10,12H,5-8H2,1-4H3. The molecular weight excluding hydrogens is 194 g/mol. The molecule has 14 heavy (non-hydrogen) atoms. The molecule has 84 valence electrons. The molecule has 2 atom stereocenters. The summed E-state index contributed by atoms with van der Waals surface area (Å²) in [4.78, 5) is 0. The monoisotopic (exact) mass is 217 g/mol. The van der Waals surface area contributed by atoms with Gasteiger partial charge in [-0.3, -0.25) is 0 Å². The minimum atomic E-state index is -0.906. The van der Waals surface area contributed by atoms with Crippen LogP contribution >= 0.6 is 0 Å². The van der Waals surface area contributed by atoms with Gasteiger partial charge in [-0.05, 0) is 46.0 Å². The van der Waals surface area contributed by atoms with Crippen molar-refractivity contribution < 1.29 is 4.21 Å². The molecule has 1 N–H and O–H groups in total. The molecule has 0 aromatic carbocycles. The zero-order valence-corrected chi connectivity index (χ0v) is 10.6. The van der Waals surface area contributed by atoms with Crippen molar-refractivity contribution in [2.45, 2.75) is 64.2 Å². The van der Waals surface area contributed by atoms with Crippen LogP contribution in [0.1, 0.15) is 53.4 Å². The normalized spacial score (nSPS) is 22.9. The Kier molecular flexibility index (Phi) is 4.14. The van der Waals surface area contributed by atoms with E-state index in [1.807, 2.05) is 20.8 Å². The summed E-state index contributed by atoms with van der Waals surface area (Å²) in [7, 11) is -0.906. The van der Waals surface area contributed by atoms with E-state index >= 15 is 0 Å². The van der Waals surface area contributed by atoms with E-state index in [4.69, 9.17) is 0 Å².